The van der Waals surface area contributed by atoms with Crippen molar-refractivity contribution in [2.24, 2.45) is 14.1 Å². The van der Waals surface area contributed by atoms with E-state index < -0.39 is 0 Å². The molecule has 0 radical (unpaired) electrons. The van der Waals surface area contributed by atoms with Crippen molar-refractivity contribution >= 4 is 61.2 Å². The van der Waals surface area contributed by atoms with Gasteiger partial charge in [0.05, 0.1) is 6.61 Å². The normalized spacial score (nSPS) is 10.2. The third kappa shape index (κ3) is 7.20. The molecule has 0 aliphatic heterocycles. The van der Waals surface area contributed by atoms with E-state index in [1.54, 1.807) is 75.0 Å². The van der Waals surface area contributed by atoms with Crippen LogP contribution in [0.25, 0.3) is 0 Å². The molecule has 10 nitrogen and oxygen atoms in total. The van der Waals surface area contributed by atoms with E-state index in [-0.39, 0.29) is 29.4 Å². The highest BCUT2D eigenvalue weighted by molar-refractivity contribution is 9.10. The summed E-state index contributed by atoms with van der Waals surface area (Å²) in [5, 5.41) is 14.8. The molecular formula is C24H22Br2N6O4. The molecule has 2 heterocycles. The zero-order valence-corrected chi connectivity index (χ0v) is 22.4. The van der Waals surface area contributed by atoms with Crippen molar-refractivity contribution in [1.29, 1.82) is 0 Å². The van der Waals surface area contributed by atoms with Gasteiger partial charge in [-0.3, -0.25) is 14.4 Å². The number of aliphatic hydroxyl groups is 1. The van der Waals surface area contributed by atoms with Crippen molar-refractivity contribution in [3.8, 4) is 0 Å². The molecule has 0 atom stereocenters. The largest absolute Gasteiger partial charge is 0.392 e. The van der Waals surface area contributed by atoms with Crippen LogP contribution in [0.3, 0.4) is 0 Å². The number of aliphatic hydroxyl groups excluding tert-OH is 1. The van der Waals surface area contributed by atoms with Gasteiger partial charge in [0.1, 0.15) is 15.5 Å². The summed E-state index contributed by atoms with van der Waals surface area (Å²) in [4.78, 5) is 42.3. The molecule has 0 unspecified atom stereocenters. The predicted octanol–water partition coefficient (Wildman–Crippen LogP) is 3.88. The lowest BCUT2D eigenvalue weighted by atomic mass is 10.2. The summed E-state index contributed by atoms with van der Waals surface area (Å²) in [6, 6.07) is 13.9. The van der Waals surface area contributed by atoms with Gasteiger partial charge in [0.15, 0.2) is 11.6 Å². The molecule has 0 bridgehead atoms. The van der Waals surface area contributed by atoms with Gasteiger partial charge in [-0.05, 0) is 73.8 Å². The molecule has 0 saturated heterocycles. The van der Waals surface area contributed by atoms with Crippen LogP contribution in [0.5, 0.6) is 0 Å². The number of benzene rings is 2. The first-order chi connectivity index (χ1) is 17.2. The Bertz CT molecular complexity index is 1470. The lowest BCUT2D eigenvalue weighted by Gasteiger charge is -2.07. The zero-order chi connectivity index (χ0) is 26.2. The van der Waals surface area contributed by atoms with Crippen LogP contribution >= 0.6 is 31.9 Å². The van der Waals surface area contributed by atoms with Crippen molar-refractivity contribution in [3.63, 3.8) is 0 Å². The fourth-order valence-electron chi connectivity index (χ4n) is 2.91. The van der Waals surface area contributed by atoms with E-state index in [0.29, 0.717) is 20.5 Å². The van der Waals surface area contributed by atoms with Gasteiger partial charge in [-0.15, -0.1) is 0 Å². The number of aromatic nitrogens is 4. The van der Waals surface area contributed by atoms with E-state index in [1.807, 2.05) is 0 Å². The maximum Gasteiger partial charge on any atom is 0.293 e. The van der Waals surface area contributed by atoms with E-state index in [2.05, 4.69) is 52.5 Å². The van der Waals surface area contributed by atoms with Gasteiger partial charge in [-0.25, -0.2) is 9.97 Å². The topological polar surface area (TPSA) is 131 Å². The van der Waals surface area contributed by atoms with Gasteiger partial charge in [0, 0.05) is 43.4 Å². The Balaban J connectivity index is 0.000000201. The molecule has 12 heteroatoms. The third-order valence-electron chi connectivity index (χ3n) is 4.79. The number of hydrogen-bond donors (Lipinski definition) is 3. The number of rotatable bonds is 6. The Kier molecular flexibility index (Phi) is 9.28. The number of halogens is 2. The van der Waals surface area contributed by atoms with Crippen LogP contribution in [0.1, 0.15) is 15.9 Å². The highest BCUT2D eigenvalue weighted by atomic mass is 79.9. The quantitative estimate of drug-likeness (QED) is 0.278. The van der Waals surface area contributed by atoms with Crippen LogP contribution < -0.4 is 21.8 Å². The first kappa shape index (κ1) is 27.0. The summed E-state index contributed by atoms with van der Waals surface area (Å²) < 4.78 is 4.02. The molecule has 0 saturated carbocycles. The summed E-state index contributed by atoms with van der Waals surface area (Å²) in [6.45, 7) is -0.00280. The molecule has 4 rings (SSSR count). The Hall–Kier alpha value is -3.61. The summed E-state index contributed by atoms with van der Waals surface area (Å²) in [5.41, 5.74) is 2.41. The fourth-order valence-corrected chi connectivity index (χ4v) is 3.88. The molecule has 0 fully saturated rings. The van der Waals surface area contributed by atoms with Crippen LogP contribution in [0.15, 0.2) is 79.7 Å². The minimum absolute atomic E-state index is 0.00280. The molecule has 0 amide bonds. The van der Waals surface area contributed by atoms with Crippen LogP contribution in [0, 0.1) is 0 Å². The fraction of sp³-hybridized carbons (Fsp3) is 0.125. The predicted molar refractivity (Wildman–Crippen MR) is 145 cm³/mol. The lowest BCUT2D eigenvalue weighted by molar-refractivity contribution is 0.112. The molecule has 2 aromatic carbocycles. The minimum atomic E-state index is -0.224. The molecular weight excluding hydrogens is 596 g/mol. The van der Waals surface area contributed by atoms with E-state index in [1.165, 1.54) is 9.13 Å². The number of anilines is 4. The first-order valence-electron chi connectivity index (χ1n) is 10.5. The van der Waals surface area contributed by atoms with Crippen LogP contribution in [0.2, 0.25) is 0 Å². The third-order valence-corrected chi connectivity index (χ3v) is 5.56. The number of aryl methyl sites for hydroxylation is 2. The van der Waals surface area contributed by atoms with E-state index in [4.69, 9.17) is 5.11 Å². The van der Waals surface area contributed by atoms with Gasteiger partial charge in [-0.2, -0.15) is 0 Å². The van der Waals surface area contributed by atoms with Gasteiger partial charge in [0.2, 0.25) is 0 Å². The molecule has 2 aromatic heterocycles. The maximum atomic E-state index is 11.8. The highest BCUT2D eigenvalue weighted by Gasteiger charge is 2.07. The molecule has 0 aliphatic carbocycles. The number of nitrogens with one attached hydrogen (secondary N) is 2. The van der Waals surface area contributed by atoms with Gasteiger partial charge < -0.3 is 24.9 Å². The van der Waals surface area contributed by atoms with E-state index in [0.717, 1.165) is 17.5 Å². The molecule has 4 aromatic rings. The van der Waals surface area contributed by atoms with E-state index in [9.17, 15) is 14.4 Å². The van der Waals surface area contributed by atoms with Gasteiger partial charge in [-0.1, -0.05) is 12.1 Å². The summed E-state index contributed by atoms with van der Waals surface area (Å²) in [7, 11) is 3.31. The number of carbonyl (C=O) groups is 1. The minimum Gasteiger partial charge on any atom is -0.392 e. The van der Waals surface area contributed by atoms with Crippen LogP contribution in [0.4, 0.5) is 23.0 Å². The molecule has 186 valence electrons. The van der Waals surface area contributed by atoms with Gasteiger partial charge in [0.25, 0.3) is 11.1 Å². The molecule has 36 heavy (non-hydrogen) atoms. The lowest BCUT2D eigenvalue weighted by Crippen LogP contribution is -2.21. The Labute approximate surface area is 222 Å². The summed E-state index contributed by atoms with van der Waals surface area (Å²) >= 11 is 6.47. The Morgan fingerprint density at radius 1 is 0.806 bits per heavy atom. The molecule has 0 spiro atoms. The second kappa shape index (κ2) is 12.4. The summed E-state index contributed by atoms with van der Waals surface area (Å²) in [6.07, 6.45) is 3.95. The average molecular weight is 618 g/mol. The van der Waals surface area contributed by atoms with Crippen molar-refractivity contribution < 1.29 is 9.90 Å². The highest BCUT2D eigenvalue weighted by Crippen LogP contribution is 2.15. The Morgan fingerprint density at radius 3 is 1.61 bits per heavy atom. The smallest absolute Gasteiger partial charge is 0.293 e. The molecule has 0 aliphatic rings. The Morgan fingerprint density at radius 2 is 1.22 bits per heavy atom. The number of aldehydes is 1. The zero-order valence-electron chi connectivity index (χ0n) is 19.3. The second-order valence-corrected chi connectivity index (χ2v) is 9.13. The van der Waals surface area contributed by atoms with Crippen molar-refractivity contribution in [3.05, 3.63) is 102 Å². The maximum absolute atomic E-state index is 11.8. The molecule has 3 N–H and O–H groups in total. The van der Waals surface area contributed by atoms with E-state index >= 15 is 0 Å². The van der Waals surface area contributed by atoms with Crippen LogP contribution in [-0.2, 0) is 20.7 Å². The van der Waals surface area contributed by atoms with Gasteiger partial charge >= 0.3 is 0 Å². The SMILES string of the molecule is Cn1cc(Br)nc(Nc2ccc(C=O)cc2)c1=O.Cn1cc(Br)nc(Nc2ccc(CO)cc2)c1=O. The standard InChI is InChI=1S/C12H12BrN3O2.C12H10BrN3O2/c2*1-16-6-10(13)15-11(12(16)18)14-9-4-2-8(7-17)3-5-9/h2-6,17H,7H2,1H3,(H,14,15);2-7H,1H3,(H,14,15). The summed E-state index contributed by atoms with van der Waals surface area (Å²) in [5.74, 6) is 0.481. The second-order valence-electron chi connectivity index (χ2n) is 7.50. The van der Waals surface area contributed by atoms with Crippen LogP contribution in [-0.4, -0.2) is 30.5 Å². The monoisotopic (exact) mass is 616 g/mol. The number of carbonyl (C=O) groups excluding carboxylic acids is 1. The van der Waals surface area contributed by atoms with Crippen molar-refractivity contribution in [2.75, 3.05) is 10.6 Å². The average Bonchev–Trinajstić information content (AvgIpc) is 2.86. The number of hydrogen-bond acceptors (Lipinski definition) is 8. The first-order valence-corrected chi connectivity index (χ1v) is 12.0. The van der Waals surface area contributed by atoms with Crippen molar-refractivity contribution in [1.82, 2.24) is 19.1 Å². The van der Waals surface area contributed by atoms with Crippen molar-refractivity contribution in [2.45, 2.75) is 6.61 Å². The number of nitrogens with zero attached hydrogens (tertiary/aromatic N) is 4.